The Morgan fingerprint density at radius 3 is 3.04 bits per heavy atom. The number of sulfonamides is 1. The summed E-state index contributed by atoms with van der Waals surface area (Å²) in [5.41, 5.74) is 3.22. The van der Waals surface area contributed by atoms with E-state index in [9.17, 15) is 8.42 Å². The Morgan fingerprint density at radius 2 is 2.38 bits per heavy atom. The number of hydrogen-bond donors (Lipinski definition) is 1. The molecule has 0 saturated carbocycles. The second kappa shape index (κ2) is 7.28. The van der Waals surface area contributed by atoms with Gasteiger partial charge in [0.15, 0.2) is 5.03 Å². The SMILES string of the molecule is Cc1cc(S(=O)(=O)N[C@@H]2CCOC[C@H]2OCc2cscn2)n(C)n1. The predicted molar refractivity (Wildman–Crippen MR) is 88.2 cm³/mol. The molecule has 2 aromatic heterocycles. The van der Waals surface area contributed by atoms with Crippen molar-refractivity contribution in [1.82, 2.24) is 19.5 Å². The summed E-state index contributed by atoms with van der Waals surface area (Å²) in [4.78, 5) is 4.16. The number of hydrogen-bond acceptors (Lipinski definition) is 7. The highest BCUT2D eigenvalue weighted by Gasteiger charge is 2.32. The van der Waals surface area contributed by atoms with Crippen LogP contribution in [0.15, 0.2) is 22.0 Å². The average Bonchev–Trinajstić information content (AvgIpc) is 3.15. The number of nitrogens with one attached hydrogen (secondary N) is 1. The highest BCUT2D eigenvalue weighted by atomic mass is 32.2. The van der Waals surface area contributed by atoms with Crippen LogP contribution in [0.1, 0.15) is 17.8 Å². The van der Waals surface area contributed by atoms with Crippen LogP contribution in [-0.2, 0) is 33.2 Å². The summed E-state index contributed by atoms with van der Waals surface area (Å²) in [6.45, 7) is 2.93. The molecule has 8 nitrogen and oxygen atoms in total. The summed E-state index contributed by atoms with van der Waals surface area (Å²) in [5, 5.41) is 6.14. The maximum atomic E-state index is 12.6. The lowest BCUT2D eigenvalue weighted by Gasteiger charge is -2.31. The minimum absolute atomic E-state index is 0.143. The molecule has 1 aliphatic rings. The molecule has 0 radical (unpaired) electrons. The Balaban J connectivity index is 1.69. The van der Waals surface area contributed by atoms with Crippen LogP contribution in [0.3, 0.4) is 0 Å². The topological polar surface area (TPSA) is 95.3 Å². The summed E-state index contributed by atoms with van der Waals surface area (Å²) in [5.74, 6) is 0. The zero-order chi connectivity index (χ0) is 17.2. The molecule has 1 fully saturated rings. The molecule has 0 amide bonds. The molecule has 1 saturated heterocycles. The number of rotatable bonds is 6. The van der Waals surface area contributed by atoms with Crippen molar-refractivity contribution in [3.63, 3.8) is 0 Å². The number of ether oxygens (including phenoxy) is 2. The third-order valence-electron chi connectivity index (χ3n) is 3.77. The van der Waals surface area contributed by atoms with E-state index in [2.05, 4.69) is 14.8 Å². The van der Waals surface area contributed by atoms with E-state index in [1.807, 2.05) is 5.38 Å². The van der Waals surface area contributed by atoms with E-state index >= 15 is 0 Å². The number of aromatic nitrogens is 3. The number of nitrogens with zero attached hydrogens (tertiary/aromatic N) is 3. The van der Waals surface area contributed by atoms with E-state index in [-0.39, 0.29) is 17.2 Å². The van der Waals surface area contributed by atoms with E-state index in [4.69, 9.17) is 9.47 Å². The first kappa shape index (κ1) is 17.5. The first-order valence-corrected chi connectivity index (χ1v) is 9.98. The second-order valence-corrected chi connectivity index (χ2v) is 8.05. The molecule has 3 rings (SSSR count). The summed E-state index contributed by atoms with van der Waals surface area (Å²) >= 11 is 1.49. The monoisotopic (exact) mass is 372 g/mol. The van der Waals surface area contributed by atoms with Gasteiger partial charge in [-0.15, -0.1) is 11.3 Å². The molecule has 1 N–H and O–H groups in total. The van der Waals surface area contributed by atoms with Gasteiger partial charge >= 0.3 is 0 Å². The Labute approximate surface area is 144 Å². The Morgan fingerprint density at radius 1 is 1.54 bits per heavy atom. The normalized spacial score (nSPS) is 21.9. The van der Waals surface area contributed by atoms with Crippen molar-refractivity contribution in [2.24, 2.45) is 7.05 Å². The molecule has 1 aliphatic heterocycles. The van der Waals surface area contributed by atoms with E-state index in [1.165, 1.54) is 16.0 Å². The van der Waals surface area contributed by atoms with E-state index in [0.717, 1.165) is 5.69 Å². The van der Waals surface area contributed by atoms with Crippen molar-refractivity contribution < 1.29 is 17.9 Å². The molecule has 0 aliphatic carbocycles. The predicted octanol–water partition coefficient (Wildman–Crippen LogP) is 0.838. The summed E-state index contributed by atoms with van der Waals surface area (Å²) in [6.07, 6.45) is 0.196. The van der Waals surface area contributed by atoms with E-state index in [0.29, 0.717) is 31.9 Å². The van der Waals surface area contributed by atoms with Gasteiger partial charge in [-0.05, 0) is 19.4 Å². The average molecular weight is 372 g/mol. The maximum Gasteiger partial charge on any atom is 0.258 e. The van der Waals surface area contributed by atoms with Crippen molar-refractivity contribution >= 4 is 21.4 Å². The fourth-order valence-electron chi connectivity index (χ4n) is 2.61. The van der Waals surface area contributed by atoms with Gasteiger partial charge < -0.3 is 9.47 Å². The second-order valence-electron chi connectivity index (χ2n) is 5.67. The first-order valence-electron chi connectivity index (χ1n) is 7.55. The minimum Gasteiger partial charge on any atom is -0.379 e. The highest BCUT2D eigenvalue weighted by Crippen LogP contribution is 2.18. The molecule has 132 valence electrons. The van der Waals surface area contributed by atoms with Crippen molar-refractivity contribution in [3.8, 4) is 0 Å². The van der Waals surface area contributed by atoms with Gasteiger partial charge in [0.1, 0.15) is 0 Å². The van der Waals surface area contributed by atoms with Crippen molar-refractivity contribution in [2.75, 3.05) is 13.2 Å². The van der Waals surface area contributed by atoms with Crippen LogP contribution in [0.2, 0.25) is 0 Å². The van der Waals surface area contributed by atoms with E-state index in [1.54, 1.807) is 25.5 Å². The molecule has 3 heterocycles. The Kier molecular flexibility index (Phi) is 5.30. The zero-order valence-corrected chi connectivity index (χ0v) is 15.1. The summed E-state index contributed by atoms with van der Waals surface area (Å²) in [6, 6.07) is 1.20. The molecule has 10 heteroatoms. The van der Waals surface area contributed by atoms with Crippen LogP contribution in [0, 0.1) is 6.92 Å². The van der Waals surface area contributed by atoms with Crippen LogP contribution in [-0.4, -0.2) is 48.5 Å². The highest BCUT2D eigenvalue weighted by molar-refractivity contribution is 7.89. The molecule has 0 unspecified atom stereocenters. The lowest BCUT2D eigenvalue weighted by molar-refractivity contribution is -0.0718. The van der Waals surface area contributed by atoms with Gasteiger partial charge in [-0.3, -0.25) is 4.68 Å². The zero-order valence-electron chi connectivity index (χ0n) is 13.5. The number of thiazole rings is 1. The van der Waals surface area contributed by atoms with Gasteiger partial charge in [-0.2, -0.15) is 5.10 Å². The van der Waals surface area contributed by atoms with Crippen LogP contribution in [0.25, 0.3) is 0 Å². The maximum absolute atomic E-state index is 12.6. The fourth-order valence-corrected chi connectivity index (χ4v) is 4.66. The molecular formula is C14H20N4O4S2. The van der Waals surface area contributed by atoms with Crippen LogP contribution >= 0.6 is 11.3 Å². The molecule has 0 bridgehead atoms. The largest absolute Gasteiger partial charge is 0.379 e. The molecule has 0 spiro atoms. The standard InChI is InChI=1S/C14H20N4O4S2/c1-10-5-14(18(2)16-10)24(19,20)17-12-3-4-21-7-13(12)22-6-11-8-23-9-15-11/h5,8-9,12-13,17H,3-4,6-7H2,1-2H3/t12-,13-/m1/s1. The van der Waals surface area contributed by atoms with Gasteiger partial charge in [0.25, 0.3) is 10.0 Å². The smallest absolute Gasteiger partial charge is 0.258 e. The number of aryl methyl sites for hydroxylation is 2. The molecular weight excluding hydrogens is 352 g/mol. The van der Waals surface area contributed by atoms with Crippen LogP contribution in [0.5, 0.6) is 0 Å². The Hall–Kier alpha value is -1.33. The van der Waals surface area contributed by atoms with Crippen LogP contribution in [0.4, 0.5) is 0 Å². The third kappa shape index (κ3) is 4.01. The van der Waals surface area contributed by atoms with Gasteiger partial charge in [-0.25, -0.2) is 18.1 Å². The van der Waals surface area contributed by atoms with E-state index < -0.39 is 10.0 Å². The van der Waals surface area contributed by atoms with Crippen LogP contribution < -0.4 is 4.72 Å². The van der Waals surface area contributed by atoms with Gasteiger partial charge in [0, 0.05) is 19.0 Å². The first-order chi connectivity index (χ1) is 11.5. The summed E-state index contributed by atoms with van der Waals surface area (Å²) in [7, 11) is -2.06. The fraction of sp³-hybridized carbons (Fsp3) is 0.571. The minimum atomic E-state index is -3.67. The third-order valence-corrected chi connectivity index (χ3v) is 5.95. The van der Waals surface area contributed by atoms with Gasteiger partial charge in [0.2, 0.25) is 0 Å². The Bertz CT molecular complexity index is 773. The molecule has 2 atom stereocenters. The summed E-state index contributed by atoms with van der Waals surface area (Å²) < 4.78 is 40.6. The lowest BCUT2D eigenvalue weighted by Crippen LogP contribution is -2.50. The lowest BCUT2D eigenvalue weighted by atomic mass is 10.1. The van der Waals surface area contributed by atoms with Gasteiger partial charge in [0.05, 0.1) is 42.3 Å². The van der Waals surface area contributed by atoms with Crippen molar-refractivity contribution in [2.45, 2.75) is 37.1 Å². The quantitative estimate of drug-likeness (QED) is 0.807. The molecule has 2 aromatic rings. The molecule has 24 heavy (non-hydrogen) atoms. The van der Waals surface area contributed by atoms with Crippen molar-refractivity contribution in [3.05, 3.63) is 28.3 Å². The van der Waals surface area contributed by atoms with Gasteiger partial charge in [-0.1, -0.05) is 0 Å². The van der Waals surface area contributed by atoms with Crippen molar-refractivity contribution in [1.29, 1.82) is 0 Å². The molecule has 0 aromatic carbocycles.